The zero-order valence-electron chi connectivity index (χ0n) is 6.26. The number of nitrogens with zero attached hydrogens (tertiary/aromatic N) is 1. The summed E-state index contributed by atoms with van der Waals surface area (Å²) in [4.78, 5) is 14.8. The quantitative estimate of drug-likeness (QED) is 0.538. The predicted octanol–water partition coefficient (Wildman–Crippen LogP) is 0.277. The Morgan fingerprint density at radius 3 is 3.36 bits per heavy atom. The molecule has 1 N–H and O–H groups in total. The van der Waals surface area contributed by atoms with Crippen molar-refractivity contribution in [2.45, 2.75) is 12.8 Å². The Hall–Kier alpha value is -0.960. The fraction of sp³-hybridized carbons (Fsp3) is 0.500. The smallest absolute Gasteiger partial charge is 0.249 e. The number of dihydropyridines is 1. The first-order valence-corrected chi connectivity index (χ1v) is 3.87. The third-order valence-corrected chi connectivity index (χ3v) is 2.02. The van der Waals surface area contributed by atoms with Crippen LogP contribution in [-0.2, 0) is 4.79 Å². The second kappa shape index (κ2) is 2.58. The van der Waals surface area contributed by atoms with Gasteiger partial charge in [-0.3, -0.25) is 4.79 Å². The maximum atomic E-state index is 10.9. The predicted molar refractivity (Wildman–Crippen MR) is 42.6 cm³/mol. The molecule has 2 aliphatic rings. The molecule has 0 bridgehead atoms. The summed E-state index contributed by atoms with van der Waals surface area (Å²) < 4.78 is 0. The van der Waals surface area contributed by atoms with E-state index in [1.54, 1.807) is 0 Å². The third kappa shape index (κ3) is 1.24. The minimum absolute atomic E-state index is 0.00699. The molecule has 0 aromatic heterocycles. The second-order valence-corrected chi connectivity index (χ2v) is 2.81. The normalized spacial score (nSPS) is 23.8. The van der Waals surface area contributed by atoms with Crippen molar-refractivity contribution >= 4 is 11.6 Å². The molecule has 0 saturated carbocycles. The highest BCUT2D eigenvalue weighted by atomic mass is 16.1. The van der Waals surface area contributed by atoms with Crippen LogP contribution >= 0.6 is 0 Å². The molecule has 2 aliphatic heterocycles. The molecule has 0 unspecified atom stereocenters. The Bertz CT molecular complexity index is 253. The lowest BCUT2D eigenvalue weighted by molar-refractivity contribution is -0.117. The summed E-state index contributed by atoms with van der Waals surface area (Å²) in [5.74, 6) is -0.00699. The van der Waals surface area contributed by atoms with Crippen LogP contribution in [0.2, 0.25) is 0 Å². The van der Waals surface area contributed by atoms with Crippen LogP contribution in [0.1, 0.15) is 12.8 Å². The van der Waals surface area contributed by atoms with Crippen molar-refractivity contribution in [3.8, 4) is 0 Å². The van der Waals surface area contributed by atoms with Gasteiger partial charge in [-0.2, -0.15) is 0 Å². The van der Waals surface area contributed by atoms with E-state index in [1.165, 1.54) is 5.57 Å². The van der Waals surface area contributed by atoms with E-state index in [2.05, 4.69) is 10.3 Å². The highest BCUT2D eigenvalue weighted by molar-refractivity contribution is 6.10. The fourth-order valence-corrected chi connectivity index (χ4v) is 1.43. The summed E-state index contributed by atoms with van der Waals surface area (Å²) >= 11 is 0. The number of fused-ring (bicyclic) bond motifs is 1. The van der Waals surface area contributed by atoms with Crippen molar-refractivity contribution in [2.24, 2.45) is 4.99 Å². The Morgan fingerprint density at radius 1 is 1.55 bits per heavy atom. The van der Waals surface area contributed by atoms with Crippen molar-refractivity contribution in [3.63, 3.8) is 0 Å². The summed E-state index contributed by atoms with van der Waals surface area (Å²) in [6.45, 7) is 1.77. The number of aliphatic imine (C=N–C) groups is 1. The van der Waals surface area contributed by atoms with Gasteiger partial charge in [-0.1, -0.05) is 6.08 Å². The lowest BCUT2D eigenvalue weighted by atomic mass is 10.00. The molecule has 3 nitrogen and oxygen atoms in total. The van der Waals surface area contributed by atoms with E-state index in [0.29, 0.717) is 6.42 Å². The zero-order valence-corrected chi connectivity index (χ0v) is 6.26. The maximum Gasteiger partial charge on any atom is 0.249 e. The molecule has 0 aliphatic carbocycles. The van der Waals surface area contributed by atoms with Crippen LogP contribution in [0.4, 0.5) is 0 Å². The first-order chi connectivity index (χ1) is 5.36. The van der Waals surface area contributed by atoms with Gasteiger partial charge in [-0.05, 0) is 18.5 Å². The fourth-order valence-electron chi connectivity index (χ4n) is 1.43. The van der Waals surface area contributed by atoms with Crippen LogP contribution in [0.3, 0.4) is 0 Å². The topological polar surface area (TPSA) is 41.5 Å². The maximum absolute atomic E-state index is 10.9. The number of carbonyl (C=O) groups excluding carboxylic acids is 1. The van der Waals surface area contributed by atoms with Gasteiger partial charge in [0.25, 0.3) is 0 Å². The minimum Gasteiger partial charge on any atom is -0.311 e. The van der Waals surface area contributed by atoms with E-state index < -0.39 is 0 Å². The third-order valence-electron chi connectivity index (χ3n) is 2.02. The van der Waals surface area contributed by atoms with Gasteiger partial charge in [-0.15, -0.1) is 0 Å². The number of piperidine rings is 1. The average molecular weight is 150 g/mol. The molecule has 0 radical (unpaired) electrons. The van der Waals surface area contributed by atoms with Crippen LogP contribution in [0.5, 0.6) is 0 Å². The molecule has 58 valence electrons. The number of nitrogens with one attached hydrogen (secondary N) is 1. The Kier molecular flexibility index (Phi) is 1.58. The molecule has 0 atom stereocenters. The number of carbonyl (C=O) groups is 1. The van der Waals surface area contributed by atoms with Crippen LogP contribution in [0.15, 0.2) is 16.6 Å². The Morgan fingerprint density at radius 2 is 2.45 bits per heavy atom. The van der Waals surface area contributed by atoms with Crippen molar-refractivity contribution in [1.82, 2.24) is 5.32 Å². The number of hydrogen-bond acceptors (Lipinski definition) is 2. The molecule has 0 aromatic rings. The van der Waals surface area contributed by atoms with Gasteiger partial charge >= 0.3 is 0 Å². The highest BCUT2D eigenvalue weighted by Crippen LogP contribution is 2.13. The SMILES string of the molecule is O=C1CC=C2CCNCC2=N1. The highest BCUT2D eigenvalue weighted by Gasteiger charge is 2.17. The average Bonchev–Trinajstić information content (AvgIpc) is 2.04. The van der Waals surface area contributed by atoms with Gasteiger partial charge in [0.15, 0.2) is 0 Å². The van der Waals surface area contributed by atoms with Gasteiger partial charge in [-0.25, -0.2) is 4.99 Å². The molecule has 2 rings (SSSR count). The van der Waals surface area contributed by atoms with Crippen LogP contribution < -0.4 is 5.32 Å². The van der Waals surface area contributed by atoms with Crippen LogP contribution in [-0.4, -0.2) is 24.7 Å². The molecular weight excluding hydrogens is 140 g/mol. The number of hydrogen-bond donors (Lipinski definition) is 1. The summed E-state index contributed by atoms with van der Waals surface area (Å²) in [6.07, 6.45) is 3.52. The van der Waals surface area contributed by atoms with Crippen molar-refractivity contribution in [2.75, 3.05) is 13.1 Å². The van der Waals surface area contributed by atoms with Crippen LogP contribution in [0.25, 0.3) is 0 Å². The first-order valence-electron chi connectivity index (χ1n) is 3.87. The van der Waals surface area contributed by atoms with E-state index in [0.717, 1.165) is 25.2 Å². The Labute approximate surface area is 65.2 Å². The van der Waals surface area contributed by atoms with Gasteiger partial charge in [0.05, 0.1) is 5.71 Å². The summed E-state index contributed by atoms with van der Waals surface area (Å²) in [6, 6.07) is 0. The van der Waals surface area contributed by atoms with Crippen LogP contribution in [0, 0.1) is 0 Å². The van der Waals surface area contributed by atoms with Gasteiger partial charge < -0.3 is 5.32 Å². The summed E-state index contributed by atoms with van der Waals surface area (Å²) in [5.41, 5.74) is 2.22. The zero-order chi connectivity index (χ0) is 7.68. The lowest BCUT2D eigenvalue weighted by Gasteiger charge is -2.20. The molecule has 11 heavy (non-hydrogen) atoms. The second-order valence-electron chi connectivity index (χ2n) is 2.81. The van der Waals surface area contributed by atoms with Gasteiger partial charge in [0.2, 0.25) is 5.91 Å². The molecule has 1 amide bonds. The van der Waals surface area contributed by atoms with Gasteiger partial charge in [0.1, 0.15) is 0 Å². The monoisotopic (exact) mass is 150 g/mol. The number of rotatable bonds is 0. The van der Waals surface area contributed by atoms with E-state index in [-0.39, 0.29) is 5.91 Å². The number of amides is 1. The van der Waals surface area contributed by atoms with Crippen molar-refractivity contribution < 1.29 is 4.79 Å². The van der Waals surface area contributed by atoms with Crippen molar-refractivity contribution in [3.05, 3.63) is 11.6 Å². The molecule has 2 heterocycles. The summed E-state index contributed by atoms with van der Waals surface area (Å²) in [5, 5.41) is 3.18. The molecule has 1 fully saturated rings. The molecule has 0 spiro atoms. The van der Waals surface area contributed by atoms with E-state index in [4.69, 9.17) is 0 Å². The van der Waals surface area contributed by atoms with E-state index in [9.17, 15) is 4.79 Å². The first kappa shape index (κ1) is 6.73. The lowest BCUT2D eigenvalue weighted by Crippen LogP contribution is -2.33. The standard InChI is InChI=1S/C8H10N2O/c11-8-2-1-6-3-4-9-5-7(6)10-8/h1,9H,2-5H2. The molecule has 3 heteroatoms. The largest absolute Gasteiger partial charge is 0.311 e. The molecule has 0 aromatic carbocycles. The van der Waals surface area contributed by atoms with E-state index >= 15 is 0 Å². The van der Waals surface area contributed by atoms with E-state index in [1.807, 2.05) is 6.08 Å². The summed E-state index contributed by atoms with van der Waals surface area (Å²) in [7, 11) is 0. The Balaban J connectivity index is 2.26. The van der Waals surface area contributed by atoms with Gasteiger partial charge in [0, 0.05) is 13.0 Å². The van der Waals surface area contributed by atoms with Crippen molar-refractivity contribution in [1.29, 1.82) is 0 Å². The minimum atomic E-state index is -0.00699. The molecule has 1 saturated heterocycles. The molecular formula is C8H10N2O.